The van der Waals surface area contributed by atoms with Gasteiger partial charge in [-0.1, -0.05) is 24.3 Å². The van der Waals surface area contributed by atoms with E-state index in [1.54, 1.807) is 0 Å². The zero-order chi connectivity index (χ0) is 12.8. The molecule has 0 bridgehead atoms. The van der Waals surface area contributed by atoms with Crippen LogP contribution in [0.15, 0.2) is 24.3 Å². The van der Waals surface area contributed by atoms with E-state index in [4.69, 9.17) is 0 Å². The number of nitrogens with one attached hydrogen (secondary N) is 2. The molecule has 0 radical (unpaired) electrons. The topological polar surface area (TPSA) is 41.1 Å². The minimum atomic E-state index is 0.185. The quantitative estimate of drug-likeness (QED) is 0.853. The fourth-order valence-electron chi connectivity index (χ4n) is 2.42. The van der Waals surface area contributed by atoms with E-state index in [1.165, 1.54) is 11.1 Å². The van der Waals surface area contributed by atoms with Gasteiger partial charge >= 0.3 is 0 Å². The van der Waals surface area contributed by atoms with Gasteiger partial charge in [-0.3, -0.25) is 4.79 Å². The van der Waals surface area contributed by atoms with E-state index < -0.39 is 0 Å². The first-order chi connectivity index (χ1) is 8.75. The summed E-state index contributed by atoms with van der Waals surface area (Å²) in [6.07, 6.45) is 2.92. The molecule has 0 aromatic heterocycles. The van der Waals surface area contributed by atoms with Gasteiger partial charge in [0.2, 0.25) is 5.91 Å². The fraction of sp³-hybridized carbons (Fsp3) is 0.533. The Labute approximate surface area is 109 Å². The van der Waals surface area contributed by atoms with Crippen molar-refractivity contribution >= 4 is 5.91 Å². The van der Waals surface area contributed by atoms with Crippen LogP contribution in [0, 0.1) is 12.8 Å². The summed E-state index contributed by atoms with van der Waals surface area (Å²) in [4.78, 5) is 11.9. The zero-order valence-electron chi connectivity index (χ0n) is 11.0. The number of hydrogen-bond acceptors (Lipinski definition) is 2. The van der Waals surface area contributed by atoms with Gasteiger partial charge in [-0.25, -0.2) is 0 Å². The van der Waals surface area contributed by atoms with E-state index in [9.17, 15) is 4.79 Å². The van der Waals surface area contributed by atoms with Crippen LogP contribution in [0.5, 0.6) is 0 Å². The Morgan fingerprint density at radius 2 is 2.06 bits per heavy atom. The summed E-state index contributed by atoms with van der Waals surface area (Å²) in [7, 11) is 0. The second-order valence-electron chi connectivity index (χ2n) is 5.10. The van der Waals surface area contributed by atoms with Crippen molar-refractivity contribution in [2.24, 2.45) is 5.92 Å². The van der Waals surface area contributed by atoms with Crippen LogP contribution >= 0.6 is 0 Å². The van der Waals surface area contributed by atoms with E-state index in [-0.39, 0.29) is 5.91 Å². The number of benzene rings is 1. The lowest BCUT2D eigenvalue weighted by atomic mass is 9.94. The highest BCUT2D eigenvalue weighted by Crippen LogP contribution is 2.15. The first-order valence-electron chi connectivity index (χ1n) is 6.77. The number of piperidine rings is 1. The molecule has 1 fully saturated rings. The molecule has 1 aliphatic heterocycles. The molecule has 0 atom stereocenters. The van der Waals surface area contributed by atoms with Crippen LogP contribution in [-0.4, -0.2) is 19.0 Å². The van der Waals surface area contributed by atoms with Gasteiger partial charge in [-0.15, -0.1) is 0 Å². The van der Waals surface area contributed by atoms with Crippen LogP contribution in [0.3, 0.4) is 0 Å². The summed E-state index contributed by atoms with van der Waals surface area (Å²) in [5.41, 5.74) is 2.44. The molecule has 18 heavy (non-hydrogen) atoms. The predicted octanol–water partition coefficient (Wildman–Crippen LogP) is 2.00. The largest absolute Gasteiger partial charge is 0.352 e. The van der Waals surface area contributed by atoms with Gasteiger partial charge in [0.15, 0.2) is 0 Å². The maximum atomic E-state index is 11.9. The molecule has 0 saturated carbocycles. The minimum Gasteiger partial charge on any atom is -0.352 e. The van der Waals surface area contributed by atoms with Gasteiger partial charge in [0, 0.05) is 13.0 Å². The number of hydrogen-bond donors (Lipinski definition) is 2. The van der Waals surface area contributed by atoms with Crippen molar-refractivity contribution in [1.29, 1.82) is 0 Å². The summed E-state index contributed by atoms with van der Waals surface area (Å²) in [5, 5.41) is 6.35. The molecule has 0 aliphatic carbocycles. The van der Waals surface area contributed by atoms with Crippen molar-refractivity contribution in [3.05, 3.63) is 35.4 Å². The Balaban J connectivity index is 1.76. The van der Waals surface area contributed by atoms with Gasteiger partial charge < -0.3 is 10.6 Å². The van der Waals surface area contributed by atoms with Gasteiger partial charge in [0.25, 0.3) is 0 Å². The average Bonchev–Trinajstić information content (AvgIpc) is 2.39. The van der Waals surface area contributed by atoms with Crippen LogP contribution < -0.4 is 10.6 Å². The molecular formula is C15H22N2O. The molecule has 1 aromatic rings. The molecular weight excluding hydrogens is 224 g/mol. The Morgan fingerprint density at radius 1 is 1.33 bits per heavy atom. The van der Waals surface area contributed by atoms with E-state index in [1.807, 2.05) is 12.1 Å². The molecule has 98 valence electrons. The summed E-state index contributed by atoms with van der Waals surface area (Å²) in [6.45, 7) is 4.83. The summed E-state index contributed by atoms with van der Waals surface area (Å²) in [6, 6.07) is 8.19. The normalized spacial score (nSPS) is 16.5. The van der Waals surface area contributed by atoms with Crippen molar-refractivity contribution < 1.29 is 4.79 Å². The average molecular weight is 246 g/mol. The summed E-state index contributed by atoms with van der Waals surface area (Å²) < 4.78 is 0. The fourth-order valence-corrected chi connectivity index (χ4v) is 2.42. The van der Waals surface area contributed by atoms with Gasteiger partial charge in [0.05, 0.1) is 0 Å². The molecule has 1 amide bonds. The molecule has 1 aliphatic rings. The number of aryl methyl sites for hydroxylation is 1. The molecule has 0 spiro atoms. The number of carbonyl (C=O) groups is 1. The highest BCUT2D eigenvalue weighted by Gasteiger charge is 2.16. The third kappa shape index (κ3) is 3.84. The molecule has 1 aromatic carbocycles. The van der Waals surface area contributed by atoms with Crippen LogP contribution in [0.25, 0.3) is 0 Å². The van der Waals surface area contributed by atoms with Crippen molar-refractivity contribution in [3.8, 4) is 0 Å². The standard InChI is InChI=1S/C15H22N2O/c1-12-4-2-3-5-14(12)11-17-15(18)10-13-6-8-16-9-7-13/h2-5,13,16H,6-11H2,1H3,(H,17,18). The van der Waals surface area contributed by atoms with Crippen LogP contribution in [0.4, 0.5) is 0 Å². The minimum absolute atomic E-state index is 0.185. The summed E-state index contributed by atoms with van der Waals surface area (Å²) >= 11 is 0. The number of carbonyl (C=O) groups excluding carboxylic acids is 1. The van der Waals surface area contributed by atoms with E-state index >= 15 is 0 Å². The van der Waals surface area contributed by atoms with Crippen LogP contribution in [0.2, 0.25) is 0 Å². The second-order valence-corrected chi connectivity index (χ2v) is 5.10. The molecule has 0 unspecified atom stereocenters. The maximum absolute atomic E-state index is 11.9. The molecule has 1 heterocycles. The maximum Gasteiger partial charge on any atom is 0.220 e. The smallest absolute Gasteiger partial charge is 0.220 e. The monoisotopic (exact) mass is 246 g/mol. The first-order valence-corrected chi connectivity index (χ1v) is 6.77. The Kier molecular flexibility index (Phi) is 4.76. The number of rotatable bonds is 4. The van der Waals surface area contributed by atoms with Crippen molar-refractivity contribution in [1.82, 2.24) is 10.6 Å². The highest BCUT2D eigenvalue weighted by molar-refractivity contribution is 5.76. The van der Waals surface area contributed by atoms with E-state index in [0.29, 0.717) is 18.9 Å². The third-order valence-corrected chi connectivity index (χ3v) is 3.67. The molecule has 2 N–H and O–H groups in total. The SMILES string of the molecule is Cc1ccccc1CNC(=O)CC1CCNCC1. The van der Waals surface area contributed by atoms with E-state index in [2.05, 4.69) is 29.7 Å². The van der Waals surface area contributed by atoms with Crippen LogP contribution in [-0.2, 0) is 11.3 Å². The van der Waals surface area contributed by atoms with Crippen molar-refractivity contribution in [2.45, 2.75) is 32.7 Å². The molecule has 1 saturated heterocycles. The van der Waals surface area contributed by atoms with Crippen molar-refractivity contribution in [3.63, 3.8) is 0 Å². The van der Waals surface area contributed by atoms with Gasteiger partial charge in [-0.05, 0) is 49.9 Å². The molecule has 3 nitrogen and oxygen atoms in total. The summed E-state index contributed by atoms with van der Waals surface area (Å²) in [5.74, 6) is 0.744. The zero-order valence-corrected chi connectivity index (χ0v) is 11.0. The highest BCUT2D eigenvalue weighted by atomic mass is 16.1. The lowest BCUT2D eigenvalue weighted by molar-refractivity contribution is -0.122. The van der Waals surface area contributed by atoms with Crippen molar-refractivity contribution in [2.75, 3.05) is 13.1 Å². The first kappa shape index (κ1) is 13.1. The van der Waals surface area contributed by atoms with E-state index in [0.717, 1.165) is 25.9 Å². The van der Waals surface area contributed by atoms with Gasteiger partial charge in [0.1, 0.15) is 0 Å². The Hall–Kier alpha value is -1.35. The predicted molar refractivity (Wildman–Crippen MR) is 73.2 cm³/mol. The molecule has 3 heteroatoms. The lowest BCUT2D eigenvalue weighted by Crippen LogP contribution is -2.32. The Bertz CT molecular complexity index is 397. The van der Waals surface area contributed by atoms with Gasteiger partial charge in [-0.2, -0.15) is 0 Å². The second kappa shape index (κ2) is 6.55. The van der Waals surface area contributed by atoms with Crippen LogP contribution in [0.1, 0.15) is 30.4 Å². The number of amides is 1. The molecule has 2 rings (SSSR count). The third-order valence-electron chi connectivity index (χ3n) is 3.67. The lowest BCUT2D eigenvalue weighted by Gasteiger charge is -2.22. The Morgan fingerprint density at radius 3 is 2.78 bits per heavy atom.